The lowest BCUT2D eigenvalue weighted by Crippen LogP contribution is -2.44. The van der Waals surface area contributed by atoms with E-state index in [1.165, 1.54) is 18.9 Å². The van der Waals surface area contributed by atoms with Crippen molar-refractivity contribution in [3.8, 4) is 0 Å². The van der Waals surface area contributed by atoms with E-state index in [1.54, 1.807) is 0 Å². The standard InChI is InChI=1S/C11H19NO5S2/c1-17-9(13)5-7(6-18)10(14)12-8(11(15)16)3-4-19-2/h7-8,18H,3-6H2,1-2H3,(H,12,14)(H,15,16)/t7?,8-/m0/s1. The van der Waals surface area contributed by atoms with Crippen molar-refractivity contribution in [2.24, 2.45) is 5.92 Å². The van der Waals surface area contributed by atoms with E-state index < -0.39 is 29.8 Å². The third-order valence-corrected chi connectivity index (χ3v) is 3.54. The molecule has 1 unspecified atom stereocenters. The second-order valence-electron chi connectivity index (χ2n) is 3.84. The van der Waals surface area contributed by atoms with Crippen LogP contribution in [-0.4, -0.2) is 53.9 Å². The fourth-order valence-corrected chi connectivity index (χ4v) is 2.07. The van der Waals surface area contributed by atoms with Gasteiger partial charge >= 0.3 is 11.9 Å². The van der Waals surface area contributed by atoms with E-state index in [9.17, 15) is 14.4 Å². The molecule has 0 aromatic rings. The number of amides is 1. The Morgan fingerprint density at radius 3 is 2.47 bits per heavy atom. The van der Waals surface area contributed by atoms with Gasteiger partial charge in [-0.1, -0.05) is 0 Å². The predicted octanol–water partition coefficient (Wildman–Crippen LogP) is 0.418. The number of esters is 1. The minimum absolute atomic E-state index is 0.110. The molecule has 1 amide bonds. The molecule has 0 radical (unpaired) electrons. The Morgan fingerprint density at radius 1 is 1.42 bits per heavy atom. The number of aliphatic carboxylic acids is 1. The molecule has 0 saturated heterocycles. The number of carboxylic acids is 1. The fraction of sp³-hybridized carbons (Fsp3) is 0.727. The van der Waals surface area contributed by atoms with Crippen molar-refractivity contribution in [1.29, 1.82) is 0 Å². The third-order valence-electron chi connectivity index (χ3n) is 2.46. The summed E-state index contributed by atoms with van der Waals surface area (Å²) in [5.74, 6) is -2.01. The smallest absolute Gasteiger partial charge is 0.326 e. The van der Waals surface area contributed by atoms with Crippen molar-refractivity contribution in [2.45, 2.75) is 18.9 Å². The number of carbonyl (C=O) groups is 3. The van der Waals surface area contributed by atoms with Crippen LogP contribution in [0.1, 0.15) is 12.8 Å². The Morgan fingerprint density at radius 2 is 2.05 bits per heavy atom. The first kappa shape index (κ1) is 18.1. The molecule has 2 atom stereocenters. The Bertz CT molecular complexity index is 324. The molecule has 0 rings (SSSR count). The minimum Gasteiger partial charge on any atom is -0.480 e. The lowest BCUT2D eigenvalue weighted by Gasteiger charge is -2.18. The van der Waals surface area contributed by atoms with Gasteiger partial charge in [0.2, 0.25) is 5.91 Å². The van der Waals surface area contributed by atoms with Gasteiger partial charge in [-0.05, 0) is 18.4 Å². The Hall–Kier alpha value is -0.890. The van der Waals surface area contributed by atoms with Gasteiger partial charge in [0.05, 0.1) is 19.4 Å². The van der Waals surface area contributed by atoms with Gasteiger partial charge < -0.3 is 15.2 Å². The molecule has 0 heterocycles. The summed E-state index contributed by atoms with van der Waals surface area (Å²) in [6, 6.07) is -0.944. The fourth-order valence-electron chi connectivity index (χ4n) is 1.31. The molecule has 0 fully saturated rings. The van der Waals surface area contributed by atoms with Gasteiger partial charge in [0.1, 0.15) is 6.04 Å². The van der Waals surface area contributed by atoms with Crippen LogP contribution in [0, 0.1) is 5.92 Å². The van der Waals surface area contributed by atoms with Gasteiger partial charge in [0, 0.05) is 5.75 Å². The lowest BCUT2D eigenvalue weighted by atomic mass is 10.1. The number of carboxylic acid groups (broad SMARTS) is 1. The van der Waals surface area contributed by atoms with E-state index in [-0.39, 0.29) is 12.2 Å². The van der Waals surface area contributed by atoms with Crippen molar-refractivity contribution in [2.75, 3.05) is 24.9 Å². The van der Waals surface area contributed by atoms with E-state index in [0.717, 1.165) is 0 Å². The van der Waals surface area contributed by atoms with Gasteiger partial charge in [0.25, 0.3) is 0 Å². The van der Waals surface area contributed by atoms with Gasteiger partial charge in [0.15, 0.2) is 0 Å². The Balaban J connectivity index is 4.50. The molecule has 0 aromatic heterocycles. The molecule has 0 spiro atoms. The van der Waals surface area contributed by atoms with E-state index in [2.05, 4.69) is 22.7 Å². The van der Waals surface area contributed by atoms with Gasteiger partial charge in [-0.3, -0.25) is 9.59 Å². The predicted molar refractivity (Wildman–Crippen MR) is 76.5 cm³/mol. The molecule has 2 N–H and O–H groups in total. The summed E-state index contributed by atoms with van der Waals surface area (Å²) in [4.78, 5) is 34.0. The van der Waals surface area contributed by atoms with Crippen LogP contribution in [0.25, 0.3) is 0 Å². The number of nitrogens with one attached hydrogen (secondary N) is 1. The molecule has 0 aliphatic rings. The van der Waals surface area contributed by atoms with E-state index >= 15 is 0 Å². The third kappa shape index (κ3) is 7.31. The highest BCUT2D eigenvalue weighted by molar-refractivity contribution is 7.98. The maximum absolute atomic E-state index is 11.9. The molecule has 0 aliphatic heterocycles. The topological polar surface area (TPSA) is 92.7 Å². The van der Waals surface area contributed by atoms with Crippen LogP contribution in [0.4, 0.5) is 0 Å². The lowest BCUT2D eigenvalue weighted by molar-refractivity contribution is -0.145. The molecular weight excluding hydrogens is 290 g/mol. The van der Waals surface area contributed by atoms with Crippen LogP contribution in [0.5, 0.6) is 0 Å². The molecular formula is C11H19NO5S2. The summed E-state index contributed by atoms with van der Waals surface area (Å²) in [5.41, 5.74) is 0. The summed E-state index contributed by atoms with van der Waals surface area (Å²) in [6.45, 7) is 0. The molecule has 0 bridgehead atoms. The summed E-state index contributed by atoms with van der Waals surface area (Å²) < 4.78 is 4.48. The second kappa shape index (κ2) is 9.96. The molecule has 0 aliphatic carbocycles. The van der Waals surface area contributed by atoms with Crippen molar-refractivity contribution in [3.63, 3.8) is 0 Å². The zero-order chi connectivity index (χ0) is 14.8. The minimum atomic E-state index is -1.08. The van der Waals surface area contributed by atoms with Crippen molar-refractivity contribution >= 4 is 42.2 Å². The molecule has 0 saturated carbocycles. The Kier molecular flexibility index (Phi) is 9.50. The molecule has 0 aromatic carbocycles. The van der Waals surface area contributed by atoms with Gasteiger partial charge in [-0.15, -0.1) is 0 Å². The first-order valence-electron chi connectivity index (χ1n) is 5.66. The monoisotopic (exact) mass is 309 g/mol. The molecule has 19 heavy (non-hydrogen) atoms. The highest BCUT2D eigenvalue weighted by Gasteiger charge is 2.26. The van der Waals surface area contributed by atoms with Crippen molar-refractivity contribution in [1.82, 2.24) is 5.32 Å². The number of methoxy groups -OCH3 is 1. The zero-order valence-corrected chi connectivity index (χ0v) is 12.6. The van der Waals surface area contributed by atoms with Crippen LogP contribution in [0.3, 0.4) is 0 Å². The largest absolute Gasteiger partial charge is 0.480 e. The number of carbonyl (C=O) groups excluding carboxylic acids is 2. The summed E-state index contributed by atoms with van der Waals surface area (Å²) in [7, 11) is 1.23. The van der Waals surface area contributed by atoms with E-state index in [1.807, 2.05) is 6.26 Å². The number of rotatable bonds is 9. The summed E-state index contributed by atoms with van der Waals surface area (Å²) in [6.07, 6.45) is 2.08. The zero-order valence-electron chi connectivity index (χ0n) is 10.9. The van der Waals surface area contributed by atoms with Crippen LogP contribution < -0.4 is 5.32 Å². The van der Waals surface area contributed by atoms with Crippen LogP contribution in [-0.2, 0) is 19.1 Å². The highest BCUT2D eigenvalue weighted by Crippen LogP contribution is 2.09. The first-order valence-corrected chi connectivity index (χ1v) is 7.68. The molecule has 6 nitrogen and oxygen atoms in total. The summed E-state index contributed by atoms with van der Waals surface area (Å²) >= 11 is 5.49. The van der Waals surface area contributed by atoms with Crippen LogP contribution >= 0.6 is 24.4 Å². The molecule has 8 heteroatoms. The molecule has 110 valence electrons. The maximum Gasteiger partial charge on any atom is 0.326 e. The highest BCUT2D eigenvalue weighted by atomic mass is 32.2. The second-order valence-corrected chi connectivity index (χ2v) is 5.19. The average Bonchev–Trinajstić information content (AvgIpc) is 2.39. The number of ether oxygens (including phenoxy) is 1. The quantitative estimate of drug-likeness (QED) is 0.422. The van der Waals surface area contributed by atoms with E-state index in [4.69, 9.17) is 5.11 Å². The maximum atomic E-state index is 11.9. The number of thioether (sulfide) groups is 1. The van der Waals surface area contributed by atoms with Crippen molar-refractivity contribution in [3.05, 3.63) is 0 Å². The Labute approximate surface area is 122 Å². The first-order chi connectivity index (χ1) is 8.96. The van der Waals surface area contributed by atoms with Crippen LogP contribution in [0.15, 0.2) is 0 Å². The van der Waals surface area contributed by atoms with E-state index in [0.29, 0.717) is 12.2 Å². The van der Waals surface area contributed by atoms with Gasteiger partial charge in [-0.2, -0.15) is 24.4 Å². The average molecular weight is 309 g/mol. The van der Waals surface area contributed by atoms with Crippen LogP contribution in [0.2, 0.25) is 0 Å². The number of hydrogen-bond acceptors (Lipinski definition) is 6. The number of hydrogen-bond donors (Lipinski definition) is 3. The van der Waals surface area contributed by atoms with Gasteiger partial charge in [-0.25, -0.2) is 4.79 Å². The summed E-state index contributed by atoms with van der Waals surface area (Å²) in [5, 5.41) is 11.4. The SMILES string of the molecule is COC(=O)CC(CS)C(=O)N[C@@H](CCSC)C(=O)O. The number of thiol groups is 1. The normalized spacial score (nSPS) is 13.4. The van der Waals surface area contributed by atoms with Crippen molar-refractivity contribution < 1.29 is 24.2 Å².